The summed E-state index contributed by atoms with van der Waals surface area (Å²) in [5.74, 6) is -1.53. The lowest BCUT2D eigenvalue weighted by atomic mass is 10.2. The number of aliphatic carboxylic acids is 1. The van der Waals surface area contributed by atoms with Crippen LogP contribution in [0.4, 0.5) is 10.8 Å². The van der Waals surface area contributed by atoms with Crippen LogP contribution in [0.25, 0.3) is 11.3 Å². The minimum atomic E-state index is -1.02. The van der Waals surface area contributed by atoms with Crippen LogP contribution in [0.1, 0.15) is 26.2 Å². The summed E-state index contributed by atoms with van der Waals surface area (Å²) >= 11 is 6.18. The van der Waals surface area contributed by atoms with Gasteiger partial charge in [-0.25, -0.2) is 4.98 Å². The van der Waals surface area contributed by atoms with Gasteiger partial charge in [0.15, 0.2) is 5.13 Å². The van der Waals surface area contributed by atoms with E-state index in [4.69, 9.17) is 5.11 Å². The number of thiazole rings is 1. The van der Waals surface area contributed by atoms with Gasteiger partial charge >= 0.3 is 5.97 Å². The lowest BCUT2D eigenvalue weighted by Gasteiger charge is -2.14. The zero-order chi connectivity index (χ0) is 23.8. The van der Waals surface area contributed by atoms with Crippen LogP contribution in [0, 0.1) is 0 Å². The van der Waals surface area contributed by atoms with E-state index >= 15 is 0 Å². The molecule has 33 heavy (non-hydrogen) atoms. The molecule has 10 heteroatoms. The number of nitrogens with zero attached hydrogens (tertiary/aromatic N) is 1. The first-order chi connectivity index (χ1) is 15.8. The number of carboxylic acid groups (broad SMARTS) is 1. The Morgan fingerprint density at radius 1 is 1.12 bits per heavy atom. The molecule has 172 valence electrons. The van der Waals surface area contributed by atoms with Crippen molar-refractivity contribution in [1.29, 1.82) is 0 Å². The molecule has 3 aromatic rings. The van der Waals surface area contributed by atoms with Crippen molar-refractivity contribution in [2.24, 2.45) is 0 Å². The summed E-state index contributed by atoms with van der Waals surface area (Å²) in [4.78, 5) is 40.7. The molecule has 1 aromatic heterocycles. The van der Waals surface area contributed by atoms with Gasteiger partial charge in [0, 0.05) is 32.4 Å². The van der Waals surface area contributed by atoms with Crippen molar-refractivity contribution >= 4 is 67.6 Å². The van der Waals surface area contributed by atoms with Crippen molar-refractivity contribution < 1.29 is 19.5 Å². The van der Waals surface area contributed by atoms with Crippen LogP contribution in [-0.4, -0.2) is 33.1 Å². The first kappa shape index (κ1) is 24.9. The van der Waals surface area contributed by atoms with E-state index in [1.54, 1.807) is 18.2 Å². The van der Waals surface area contributed by atoms with Crippen molar-refractivity contribution in [3.05, 3.63) is 58.4 Å². The molecule has 1 unspecified atom stereocenters. The topological polar surface area (TPSA) is 108 Å². The Kier molecular flexibility index (Phi) is 9.04. The Morgan fingerprint density at radius 3 is 2.58 bits per heavy atom. The molecule has 0 saturated heterocycles. The quantitative estimate of drug-likeness (QED) is 0.273. The number of halogens is 1. The summed E-state index contributed by atoms with van der Waals surface area (Å²) < 4.78 is 0.988. The van der Waals surface area contributed by atoms with Gasteiger partial charge in [-0.1, -0.05) is 41.1 Å². The zero-order valence-corrected chi connectivity index (χ0v) is 20.9. The van der Waals surface area contributed by atoms with Crippen LogP contribution in [0.15, 0.2) is 63.3 Å². The van der Waals surface area contributed by atoms with Gasteiger partial charge in [-0.2, -0.15) is 0 Å². The first-order valence-electron chi connectivity index (χ1n) is 10.1. The lowest BCUT2D eigenvalue weighted by molar-refractivity contribution is -0.138. The van der Waals surface area contributed by atoms with Gasteiger partial charge in [0.1, 0.15) is 0 Å². The summed E-state index contributed by atoms with van der Waals surface area (Å²) in [6, 6.07) is 15.0. The Morgan fingerprint density at radius 2 is 1.88 bits per heavy atom. The maximum absolute atomic E-state index is 12.9. The van der Waals surface area contributed by atoms with Crippen LogP contribution in [0.5, 0.6) is 0 Å². The molecule has 0 spiro atoms. The molecule has 7 nitrogen and oxygen atoms in total. The number of nitrogens with one attached hydrogen (secondary N) is 2. The highest BCUT2D eigenvalue weighted by Gasteiger charge is 2.20. The van der Waals surface area contributed by atoms with Gasteiger partial charge in [-0.15, -0.1) is 23.1 Å². The van der Waals surface area contributed by atoms with E-state index in [-0.39, 0.29) is 29.9 Å². The number of amides is 2. The number of carbonyl (C=O) groups is 3. The number of anilines is 2. The molecule has 0 bridgehead atoms. The molecule has 2 aromatic carbocycles. The highest BCUT2D eigenvalue weighted by Crippen LogP contribution is 2.30. The molecular weight excluding hydrogens is 526 g/mol. The van der Waals surface area contributed by atoms with Gasteiger partial charge in [-0.05, 0) is 36.8 Å². The zero-order valence-electron chi connectivity index (χ0n) is 17.7. The Labute approximate surface area is 208 Å². The molecule has 3 N–H and O–H groups in total. The van der Waals surface area contributed by atoms with Gasteiger partial charge in [-0.3, -0.25) is 14.4 Å². The number of benzene rings is 2. The van der Waals surface area contributed by atoms with Crippen molar-refractivity contribution in [3.8, 4) is 11.3 Å². The van der Waals surface area contributed by atoms with E-state index in [0.717, 1.165) is 20.6 Å². The van der Waals surface area contributed by atoms with Gasteiger partial charge < -0.3 is 15.7 Å². The van der Waals surface area contributed by atoms with E-state index < -0.39 is 5.97 Å². The molecule has 2 amide bonds. The van der Waals surface area contributed by atoms with Gasteiger partial charge in [0.25, 0.3) is 0 Å². The third-order valence-electron chi connectivity index (χ3n) is 4.50. The second-order valence-electron chi connectivity index (χ2n) is 7.02. The van der Waals surface area contributed by atoms with E-state index in [0.29, 0.717) is 17.2 Å². The average Bonchev–Trinajstić information content (AvgIpc) is 3.25. The molecule has 0 radical (unpaired) electrons. The van der Waals surface area contributed by atoms with E-state index in [2.05, 4.69) is 31.5 Å². The lowest BCUT2D eigenvalue weighted by Crippen LogP contribution is -2.24. The molecule has 0 aliphatic heterocycles. The molecule has 3 rings (SSSR count). The molecule has 1 atom stereocenters. The number of thioether (sulfide) groups is 1. The summed E-state index contributed by atoms with van der Waals surface area (Å²) in [5.41, 5.74) is 2.33. The number of hydrogen-bond acceptors (Lipinski definition) is 6. The summed E-state index contributed by atoms with van der Waals surface area (Å²) in [5, 5.41) is 16.4. The van der Waals surface area contributed by atoms with Crippen molar-refractivity contribution in [2.75, 3.05) is 10.6 Å². The minimum Gasteiger partial charge on any atom is -0.481 e. The van der Waals surface area contributed by atoms with E-state index in [1.807, 2.05) is 42.6 Å². The maximum atomic E-state index is 12.9. The van der Waals surface area contributed by atoms with Gasteiger partial charge in [0.2, 0.25) is 11.8 Å². The fourth-order valence-electron chi connectivity index (χ4n) is 2.85. The van der Waals surface area contributed by atoms with Crippen molar-refractivity contribution in [3.63, 3.8) is 0 Å². The fourth-order valence-corrected chi connectivity index (χ4v) is 4.85. The van der Waals surface area contributed by atoms with Crippen LogP contribution < -0.4 is 10.6 Å². The van der Waals surface area contributed by atoms with Crippen LogP contribution in [-0.2, 0) is 14.4 Å². The third-order valence-corrected chi connectivity index (χ3v) is 7.14. The maximum Gasteiger partial charge on any atom is 0.303 e. The standard InChI is InChI=1S/C23H22BrN3O4S2/c1-2-19(33-17-5-3-4-16(12-17)25-20(28)10-11-21(29)30)22(31)27-23-26-18(13-32-23)14-6-8-15(24)9-7-14/h3-9,12-13,19H,2,10-11H2,1H3,(H,25,28)(H,29,30)(H,26,27,31). The predicted octanol–water partition coefficient (Wildman–Crippen LogP) is 5.89. The highest BCUT2D eigenvalue weighted by atomic mass is 79.9. The number of carbonyl (C=O) groups excluding carboxylic acids is 2. The number of hydrogen-bond donors (Lipinski definition) is 3. The number of carboxylic acids is 1. The van der Waals surface area contributed by atoms with E-state index in [9.17, 15) is 14.4 Å². The van der Waals surface area contributed by atoms with Crippen molar-refractivity contribution in [1.82, 2.24) is 4.98 Å². The number of aromatic nitrogens is 1. The second kappa shape index (κ2) is 12.0. The minimum absolute atomic E-state index is 0.0945. The smallest absolute Gasteiger partial charge is 0.303 e. The van der Waals surface area contributed by atoms with Crippen LogP contribution >= 0.6 is 39.0 Å². The third kappa shape index (κ3) is 7.69. The normalized spacial score (nSPS) is 11.6. The largest absolute Gasteiger partial charge is 0.481 e. The molecule has 0 fully saturated rings. The number of rotatable bonds is 10. The molecule has 0 saturated carbocycles. The first-order valence-corrected chi connectivity index (χ1v) is 12.7. The molecule has 0 aliphatic carbocycles. The molecular formula is C23H22BrN3O4S2. The Hall–Kier alpha value is -2.69. The van der Waals surface area contributed by atoms with E-state index in [1.165, 1.54) is 23.1 Å². The predicted molar refractivity (Wildman–Crippen MR) is 136 cm³/mol. The highest BCUT2D eigenvalue weighted by molar-refractivity contribution is 9.10. The monoisotopic (exact) mass is 547 g/mol. The summed E-state index contributed by atoms with van der Waals surface area (Å²) in [7, 11) is 0. The summed E-state index contributed by atoms with van der Waals surface area (Å²) in [6.07, 6.45) is 0.290. The van der Waals surface area contributed by atoms with Crippen LogP contribution in [0.2, 0.25) is 0 Å². The van der Waals surface area contributed by atoms with Crippen molar-refractivity contribution in [2.45, 2.75) is 36.3 Å². The Balaban J connectivity index is 1.60. The average molecular weight is 548 g/mol. The van der Waals surface area contributed by atoms with Crippen LogP contribution in [0.3, 0.4) is 0 Å². The summed E-state index contributed by atoms with van der Waals surface area (Å²) in [6.45, 7) is 1.93. The molecule has 1 heterocycles. The fraction of sp³-hybridized carbons (Fsp3) is 0.217. The van der Waals surface area contributed by atoms with Gasteiger partial charge in [0.05, 0.1) is 17.4 Å². The molecule has 0 aliphatic rings. The second-order valence-corrected chi connectivity index (χ2v) is 10.1. The Bertz CT molecular complexity index is 1130. The SMILES string of the molecule is CCC(Sc1cccc(NC(=O)CCC(=O)O)c1)C(=O)Nc1nc(-c2ccc(Br)cc2)cs1.